The lowest BCUT2D eigenvalue weighted by Gasteiger charge is -2.09. The van der Waals surface area contributed by atoms with Crippen LogP contribution in [0.2, 0.25) is 0 Å². The molecule has 0 rings (SSSR count). The van der Waals surface area contributed by atoms with Crippen molar-refractivity contribution in [2.24, 2.45) is 11.5 Å². The van der Waals surface area contributed by atoms with E-state index < -0.39 is 0 Å². The van der Waals surface area contributed by atoms with Crippen LogP contribution >= 0.6 is 0 Å². The molecule has 5 N–H and O–H groups in total. The lowest BCUT2D eigenvalue weighted by Crippen LogP contribution is -2.36. The van der Waals surface area contributed by atoms with Gasteiger partial charge in [-0.15, -0.1) is 0 Å². The van der Waals surface area contributed by atoms with Gasteiger partial charge in [-0.1, -0.05) is 0 Å². The number of nitrogens with one attached hydrogen (secondary N) is 1. The molecule has 1 unspecified atom stereocenters. The number of carbonyl (C=O) groups excluding carboxylic acids is 2. The number of nitrogens with two attached hydrogens (primary N) is 2. The van der Waals surface area contributed by atoms with Crippen LogP contribution in [0.15, 0.2) is 0 Å². The van der Waals surface area contributed by atoms with Crippen molar-refractivity contribution in [2.75, 3.05) is 6.54 Å². The zero-order valence-electron chi connectivity index (χ0n) is 7.17. The largest absolute Gasteiger partial charge is 0.370 e. The quantitative estimate of drug-likeness (QED) is 0.482. The molecule has 1 atom stereocenters. The Bertz CT molecular complexity index is 152. The Morgan fingerprint density at radius 1 is 1.50 bits per heavy atom. The fourth-order valence-corrected chi connectivity index (χ4v) is 0.705. The predicted molar refractivity (Wildman–Crippen MR) is 45.1 cm³/mol. The number of carbonyl (C=O) groups is 2. The normalized spacial score (nSPS) is 12.2. The minimum absolute atomic E-state index is 0.121. The summed E-state index contributed by atoms with van der Waals surface area (Å²) in [5.74, 6) is -0.488. The molecule has 5 heteroatoms. The molecule has 2 amide bonds. The molecule has 5 nitrogen and oxygen atoms in total. The Kier molecular flexibility index (Phi) is 5.03. The highest BCUT2D eigenvalue weighted by molar-refractivity contribution is 5.74. The SMILES string of the molecule is CC(=O)NCC(N)CCC(N)=O. The summed E-state index contributed by atoms with van der Waals surface area (Å²) in [4.78, 5) is 20.7. The highest BCUT2D eigenvalue weighted by atomic mass is 16.1. The van der Waals surface area contributed by atoms with Crippen molar-refractivity contribution < 1.29 is 9.59 Å². The van der Waals surface area contributed by atoms with Crippen LogP contribution in [-0.2, 0) is 9.59 Å². The molecule has 12 heavy (non-hydrogen) atoms. The summed E-state index contributed by atoms with van der Waals surface area (Å²) in [5.41, 5.74) is 10.5. The van der Waals surface area contributed by atoms with Crippen molar-refractivity contribution in [1.82, 2.24) is 5.32 Å². The fourth-order valence-electron chi connectivity index (χ4n) is 0.705. The van der Waals surface area contributed by atoms with Crippen LogP contribution in [0.25, 0.3) is 0 Å². The van der Waals surface area contributed by atoms with Gasteiger partial charge in [-0.05, 0) is 6.42 Å². The van der Waals surface area contributed by atoms with Crippen molar-refractivity contribution in [3.63, 3.8) is 0 Å². The van der Waals surface area contributed by atoms with Gasteiger partial charge >= 0.3 is 0 Å². The lowest BCUT2D eigenvalue weighted by molar-refractivity contribution is -0.119. The first-order valence-corrected chi connectivity index (χ1v) is 3.80. The van der Waals surface area contributed by atoms with Gasteiger partial charge in [-0.3, -0.25) is 9.59 Å². The summed E-state index contributed by atoms with van der Waals surface area (Å²) in [6.45, 7) is 1.81. The van der Waals surface area contributed by atoms with Crippen LogP contribution < -0.4 is 16.8 Å². The highest BCUT2D eigenvalue weighted by Gasteiger charge is 2.04. The lowest BCUT2D eigenvalue weighted by atomic mass is 10.1. The van der Waals surface area contributed by atoms with Gasteiger partial charge in [-0.2, -0.15) is 0 Å². The van der Waals surface area contributed by atoms with Gasteiger partial charge in [0.15, 0.2) is 0 Å². The van der Waals surface area contributed by atoms with Crippen LogP contribution in [0.3, 0.4) is 0 Å². The van der Waals surface area contributed by atoms with E-state index in [1.165, 1.54) is 6.92 Å². The summed E-state index contributed by atoms with van der Waals surface area (Å²) in [6.07, 6.45) is 0.774. The van der Waals surface area contributed by atoms with E-state index in [0.717, 1.165) is 0 Å². The van der Waals surface area contributed by atoms with Gasteiger partial charge < -0.3 is 16.8 Å². The molecule has 0 aromatic carbocycles. The minimum Gasteiger partial charge on any atom is -0.370 e. The molecule has 0 spiro atoms. The van der Waals surface area contributed by atoms with Crippen molar-refractivity contribution in [3.05, 3.63) is 0 Å². The maximum Gasteiger partial charge on any atom is 0.217 e. The molecule has 0 bridgehead atoms. The van der Waals surface area contributed by atoms with Crippen LogP contribution in [0, 0.1) is 0 Å². The minimum atomic E-state index is -0.367. The predicted octanol–water partition coefficient (Wildman–Crippen LogP) is -1.28. The standard InChI is InChI=1S/C7H15N3O2/c1-5(11)10-4-6(8)2-3-7(9)12/h6H,2-4,8H2,1H3,(H2,9,12)(H,10,11). The van der Waals surface area contributed by atoms with E-state index in [4.69, 9.17) is 11.5 Å². The van der Waals surface area contributed by atoms with Crippen LogP contribution in [0.5, 0.6) is 0 Å². The number of rotatable bonds is 5. The summed E-state index contributed by atoms with van der Waals surface area (Å²) in [7, 11) is 0. The zero-order valence-corrected chi connectivity index (χ0v) is 7.17. The Morgan fingerprint density at radius 3 is 2.50 bits per heavy atom. The van der Waals surface area contributed by atoms with Gasteiger partial charge in [0.05, 0.1) is 0 Å². The molecule has 0 aromatic heterocycles. The molecule has 0 heterocycles. The Hall–Kier alpha value is -1.10. The zero-order chi connectivity index (χ0) is 9.56. The molecular weight excluding hydrogens is 158 g/mol. The van der Waals surface area contributed by atoms with Gasteiger partial charge in [0.2, 0.25) is 11.8 Å². The molecule has 0 aliphatic heterocycles. The third-order valence-corrected chi connectivity index (χ3v) is 1.37. The van der Waals surface area contributed by atoms with Crippen LogP contribution in [-0.4, -0.2) is 24.4 Å². The maximum atomic E-state index is 10.4. The summed E-state index contributed by atoms with van der Waals surface area (Å²) in [6, 6.07) is -0.193. The van der Waals surface area contributed by atoms with Crippen molar-refractivity contribution >= 4 is 11.8 Å². The molecule has 0 aliphatic rings. The van der Waals surface area contributed by atoms with Crippen molar-refractivity contribution in [2.45, 2.75) is 25.8 Å². The van der Waals surface area contributed by atoms with Gasteiger partial charge in [0, 0.05) is 25.9 Å². The van der Waals surface area contributed by atoms with E-state index in [2.05, 4.69) is 5.32 Å². The van der Waals surface area contributed by atoms with Gasteiger partial charge in [-0.25, -0.2) is 0 Å². The molecule has 0 saturated heterocycles. The molecule has 0 fully saturated rings. The number of amides is 2. The second kappa shape index (κ2) is 5.54. The molecular formula is C7H15N3O2. The van der Waals surface area contributed by atoms with Gasteiger partial charge in [0.1, 0.15) is 0 Å². The monoisotopic (exact) mass is 173 g/mol. The van der Waals surface area contributed by atoms with Gasteiger partial charge in [0.25, 0.3) is 0 Å². The number of primary amides is 1. The van der Waals surface area contributed by atoms with Crippen molar-refractivity contribution in [3.8, 4) is 0 Å². The molecule has 0 aromatic rings. The summed E-state index contributed by atoms with van der Waals surface area (Å²) < 4.78 is 0. The first-order chi connectivity index (χ1) is 5.52. The topological polar surface area (TPSA) is 98.2 Å². The third-order valence-electron chi connectivity index (χ3n) is 1.37. The number of hydrogen-bond acceptors (Lipinski definition) is 3. The molecule has 70 valence electrons. The Balaban J connectivity index is 3.39. The molecule has 0 radical (unpaired) electrons. The highest BCUT2D eigenvalue weighted by Crippen LogP contribution is 1.91. The second-order valence-corrected chi connectivity index (χ2v) is 2.70. The maximum absolute atomic E-state index is 10.4. The van der Waals surface area contributed by atoms with E-state index in [0.29, 0.717) is 13.0 Å². The van der Waals surface area contributed by atoms with E-state index in [1.807, 2.05) is 0 Å². The summed E-state index contributed by atoms with van der Waals surface area (Å²) >= 11 is 0. The van der Waals surface area contributed by atoms with Crippen LogP contribution in [0.4, 0.5) is 0 Å². The fraction of sp³-hybridized carbons (Fsp3) is 0.714. The molecule has 0 aliphatic carbocycles. The first-order valence-electron chi connectivity index (χ1n) is 3.80. The Labute approximate surface area is 71.5 Å². The average Bonchev–Trinajstić information content (AvgIpc) is 1.96. The molecule has 0 saturated carbocycles. The second-order valence-electron chi connectivity index (χ2n) is 2.70. The van der Waals surface area contributed by atoms with E-state index in [-0.39, 0.29) is 24.3 Å². The number of hydrogen-bond donors (Lipinski definition) is 3. The van der Waals surface area contributed by atoms with Crippen LogP contribution in [0.1, 0.15) is 19.8 Å². The Morgan fingerprint density at radius 2 is 2.08 bits per heavy atom. The summed E-state index contributed by atoms with van der Waals surface area (Å²) in [5, 5.41) is 2.55. The average molecular weight is 173 g/mol. The first kappa shape index (κ1) is 10.9. The van der Waals surface area contributed by atoms with E-state index in [1.54, 1.807) is 0 Å². The smallest absolute Gasteiger partial charge is 0.217 e. The van der Waals surface area contributed by atoms with E-state index in [9.17, 15) is 9.59 Å². The van der Waals surface area contributed by atoms with E-state index >= 15 is 0 Å². The van der Waals surface area contributed by atoms with Crippen molar-refractivity contribution in [1.29, 1.82) is 0 Å². The third kappa shape index (κ3) is 7.01.